The van der Waals surface area contributed by atoms with E-state index in [0.717, 1.165) is 31.5 Å². The van der Waals surface area contributed by atoms with E-state index in [9.17, 15) is 14.7 Å². The Labute approximate surface area is 250 Å². The van der Waals surface area contributed by atoms with Crippen molar-refractivity contribution in [2.75, 3.05) is 44.4 Å². The lowest BCUT2D eigenvalue weighted by molar-refractivity contribution is -0.139. The third-order valence-electron chi connectivity index (χ3n) is 7.09. The molecule has 2 aliphatic rings. The number of ether oxygens (including phenoxy) is 3. The Morgan fingerprint density at radius 3 is 2.27 bits per heavy atom. The number of fused-ring (bicyclic) bond motifs is 1. The molecule has 224 valence electrons. The van der Waals surface area contributed by atoms with Crippen molar-refractivity contribution < 1.29 is 33.3 Å². The van der Waals surface area contributed by atoms with Crippen LogP contribution in [0.2, 0.25) is 0 Å². The predicted molar refractivity (Wildman–Crippen MR) is 160 cm³/mol. The molecule has 0 amide bonds. The molecule has 2 aromatic rings. The molecule has 4 rings (SSSR count). The van der Waals surface area contributed by atoms with E-state index in [-0.39, 0.29) is 65.4 Å². The van der Waals surface area contributed by atoms with Crippen LogP contribution in [0.25, 0.3) is 0 Å². The number of aliphatic carboxylic acids is 1. The third kappa shape index (κ3) is 6.77. The maximum absolute atomic E-state index is 15.5. The largest absolute Gasteiger partial charge is 0.490 e. The quantitative estimate of drug-likeness (QED) is 0.308. The van der Waals surface area contributed by atoms with Gasteiger partial charge in [-0.3, -0.25) is 10.2 Å². The SMILES string of the molecule is Br.CCOc1cc2c(c(F)c1OCC)C(=N)N(CC(=O)c1cc(N3CCCC3)c(OCC(=O)O)c(C(C)(C)C)c1)C2. The maximum Gasteiger partial charge on any atom is 0.341 e. The molecule has 11 heteroatoms. The minimum absolute atomic E-state index is 0. The molecule has 2 aliphatic heterocycles. The molecule has 0 spiro atoms. The molecule has 0 bridgehead atoms. The topological polar surface area (TPSA) is 112 Å². The number of hydrogen-bond acceptors (Lipinski definition) is 7. The average molecular weight is 637 g/mol. The van der Waals surface area contributed by atoms with E-state index in [0.29, 0.717) is 29.2 Å². The molecule has 2 heterocycles. The van der Waals surface area contributed by atoms with Crippen LogP contribution in [0.5, 0.6) is 17.2 Å². The van der Waals surface area contributed by atoms with Gasteiger partial charge < -0.3 is 29.1 Å². The van der Waals surface area contributed by atoms with Gasteiger partial charge in [0.15, 0.2) is 29.7 Å². The summed E-state index contributed by atoms with van der Waals surface area (Å²) in [6.07, 6.45) is 1.98. The number of benzene rings is 2. The summed E-state index contributed by atoms with van der Waals surface area (Å²) < 4.78 is 32.4. The number of carbonyl (C=O) groups excluding carboxylic acids is 1. The van der Waals surface area contributed by atoms with Crippen LogP contribution >= 0.6 is 17.0 Å². The Bertz CT molecular complexity index is 1320. The first-order valence-electron chi connectivity index (χ1n) is 13.7. The van der Waals surface area contributed by atoms with Gasteiger partial charge in [-0.2, -0.15) is 0 Å². The summed E-state index contributed by atoms with van der Waals surface area (Å²) in [5.41, 5.74) is 2.10. The van der Waals surface area contributed by atoms with Crippen molar-refractivity contribution in [2.45, 2.75) is 59.4 Å². The van der Waals surface area contributed by atoms with E-state index < -0.39 is 23.8 Å². The number of carbonyl (C=O) groups is 2. The molecule has 9 nitrogen and oxygen atoms in total. The second kappa shape index (κ2) is 13.1. The summed E-state index contributed by atoms with van der Waals surface area (Å²) >= 11 is 0. The smallest absolute Gasteiger partial charge is 0.341 e. The highest BCUT2D eigenvalue weighted by atomic mass is 79.9. The number of halogens is 2. The molecule has 1 fully saturated rings. The van der Waals surface area contributed by atoms with Crippen LogP contribution in [-0.2, 0) is 16.8 Å². The number of hydrogen-bond donors (Lipinski definition) is 2. The molecule has 0 aliphatic carbocycles. The number of carboxylic acid groups (broad SMARTS) is 1. The van der Waals surface area contributed by atoms with Gasteiger partial charge in [0.1, 0.15) is 11.6 Å². The number of amidine groups is 1. The van der Waals surface area contributed by atoms with Crippen LogP contribution in [0.4, 0.5) is 10.1 Å². The van der Waals surface area contributed by atoms with E-state index >= 15 is 4.39 Å². The Kier molecular flexibility index (Phi) is 10.3. The first kappa shape index (κ1) is 32.2. The van der Waals surface area contributed by atoms with Crippen molar-refractivity contribution in [1.82, 2.24) is 4.90 Å². The van der Waals surface area contributed by atoms with Crippen molar-refractivity contribution in [3.63, 3.8) is 0 Å². The number of nitrogens with one attached hydrogen (secondary N) is 1. The Hall–Kier alpha value is -3.34. The highest BCUT2D eigenvalue weighted by Gasteiger charge is 2.34. The lowest BCUT2D eigenvalue weighted by Crippen LogP contribution is -2.31. The third-order valence-corrected chi connectivity index (χ3v) is 7.09. The Morgan fingerprint density at radius 2 is 1.68 bits per heavy atom. The molecule has 0 radical (unpaired) electrons. The van der Waals surface area contributed by atoms with Gasteiger partial charge >= 0.3 is 5.97 Å². The van der Waals surface area contributed by atoms with E-state index in [4.69, 9.17) is 19.6 Å². The van der Waals surface area contributed by atoms with Gasteiger partial charge in [0.05, 0.1) is 31.0 Å². The normalized spacial score (nSPS) is 14.5. The fraction of sp³-hybridized carbons (Fsp3) is 0.500. The fourth-order valence-corrected chi connectivity index (χ4v) is 5.23. The lowest BCUT2D eigenvalue weighted by atomic mass is 9.84. The summed E-state index contributed by atoms with van der Waals surface area (Å²) in [6, 6.07) is 5.20. The second-order valence-corrected chi connectivity index (χ2v) is 11.0. The van der Waals surface area contributed by atoms with E-state index in [2.05, 4.69) is 4.90 Å². The summed E-state index contributed by atoms with van der Waals surface area (Å²) in [5.74, 6) is -1.32. The first-order valence-corrected chi connectivity index (χ1v) is 13.7. The second-order valence-electron chi connectivity index (χ2n) is 11.0. The van der Waals surface area contributed by atoms with Crippen LogP contribution in [0.3, 0.4) is 0 Å². The van der Waals surface area contributed by atoms with Crippen molar-refractivity contribution >= 4 is 40.3 Å². The van der Waals surface area contributed by atoms with Crippen molar-refractivity contribution in [2.24, 2.45) is 0 Å². The minimum Gasteiger partial charge on any atom is -0.490 e. The van der Waals surface area contributed by atoms with E-state index in [1.54, 1.807) is 36.9 Å². The highest BCUT2D eigenvalue weighted by Crippen LogP contribution is 2.42. The van der Waals surface area contributed by atoms with Gasteiger partial charge in [0.2, 0.25) is 0 Å². The number of nitrogens with zero attached hydrogens (tertiary/aromatic N) is 2. The molecule has 2 N–H and O–H groups in total. The number of Topliss-reactive ketones (excluding diaryl/α,β-unsaturated/α-hetero) is 1. The first-order chi connectivity index (χ1) is 19.0. The van der Waals surface area contributed by atoms with Crippen molar-refractivity contribution in [3.05, 3.63) is 46.3 Å². The number of ketones is 1. The molecular weight excluding hydrogens is 597 g/mol. The standard InChI is InChI=1S/C30H38FN3O6.BrH/c1-6-38-23-14-19-15-34(29(32)25(19)26(31)28(23)39-7-2)16-22(35)18-12-20(30(3,4)5)27(40-17-24(36)37)21(13-18)33-10-8-9-11-33;/h12-14,32H,6-11,15-17H2,1-5H3,(H,36,37);1H. The van der Waals surface area contributed by atoms with Gasteiger partial charge in [0, 0.05) is 30.8 Å². The van der Waals surface area contributed by atoms with Crippen LogP contribution in [0.1, 0.15) is 74.5 Å². The minimum atomic E-state index is -1.08. The molecular formula is C30H39BrFN3O6. The number of anilines is 1. The summed E-state index contributed by atoms with van der Waals surface area (Å²) in [5, 5.41) is 18.0. The molecule has 2 aromatic carbocycles. The Balaban J connectivity index is 0.00000462. The molecule has 0 aromatic heterocycles. The highest BCUT2D eigenvalue weighted by molar-refractivity contribution is 8.93. The van der Waals surface area contributed by atoms with Crippen LogP contribution in [0, 0.1) is 11.2 Å². The molecule has 0 saturated carbocycles. The van der Waals surface area contributed by atoms with Gasteiger partial charge in [-0.05, 0) is 55.9 Å². The number of carboxylic acids is 1. The molecule has 0 unspecified atom stereocenters. The summed E-state index contributed by atoms with van der Waals surface area (Å²) in [4.78, 5) is 28.7. The van der Waals surface area contributed by atoms with Gasteiger partial charge in [-0.1, -0.05) is 20.8 Å². The zero-order valence-corrected chi connectivity index (χ0v) is 26.0. The van der Waals surface area contributed by atoms with Gasteiger partial charge in [-0.25, -0.2) is 9.18 Å². The van der Waals surface area contributed by atoms with Gasteiger partial charge in [0.25, 0.3) is 0 Å². The fourth-order valence-electron chi connectivity index (χ4n) is 5.23. The predicted octanol–water partition coefficient (Wildman–Crippen LogP) is 5.59. The Morgan fingerprint density at radius 1 is 1.02 bits per heavy atom. The zero-order chi connectivity index (χ0) is 29.2. The van der Waals surface area contributed by atoms with Crippen LogP contribution in [0.15, 0.2) is 18.2 Å². The maximum atomic E-state index is 15.5. The monoisotopic (exact) mass is 635 g/mol. The summed E-state index contributed by atoms with van der Waals surface area (Å²) in [6.45, 7) is 11.2. The number of rotatable bonds is 11. The lowest BCUT2D eigenvalue weighted by Gasteiger charge is -2.29. The molecule has 41 heavy (non-hydrogen) atoms. The van der Waals surface area contributed by atoms with E-state index in [1.807, 2.05) is 20.8 Å². The molecule has 0 atom stereocenters. The average Bonchev–Trinajstić information content (AvgIpc) is 3.53. The molecule has 1 saturated heterocycles. The van der Waals surface area contributed by atoms with Crippen molar-refractivity contribution in [3.8, 4) is 17.2 Å². The van der Waals surface area contributed by atoms with Crippen LogP contribution in [-0.4, -0.2) is 67.0 Å². The zero-order valence-electron chi connectivity index (χ0n) is 24.3. The van der Waals surface area contributed by atoms with E-state index in [1.165, 1.54) is 0 Å². The van der Waals surface area contributed by atoms with Gasteiger partial charge in [-0.15, -0.1) is 17.0 Å². The van der Waals surface area contributed by atoms with Crippen LogP contribution < -0.4 is 19.1 Å². The van der Waals surface area contributed by atoms with Crippen molar-refractivity contribution in [1.29, 1.82) is 5.41 Å². The summed E-state index contributed by atoms with van der Waals surface area (Å²) in [7, 11) is 0.